The van der Waals surface area contributed by atoms with E-state index in [4.69, 9.17) is 4.74 Å². The summed E-state index contributed by atoms with van der Waals surface area (Å²) in [6.45, 7) is 5.72. The molecule has 6 heteroatoms. The lowest BCUT2D eigenvalue weighted by Crippen LogP contribution is -2.38. The van der Waals surface area contributed by atoms with Gasteiger partial charge in [0.1, 0.15) is 11.8 Å². The number of aromatic nitrogens is 2. The van der Waals surface area contributed by atoms with Crippen LogP contribution in [0.5, 0.6) is 0 Å². The van der Waals surface area contributed by atoms with Crippen molar-refractivity contribution in [3.63, 3.8) is 0 Å². The number of anilines is 1. The maximum Gasteiger partial charge on any atom is 0.152 e. The van der Waals surface area contributed by atoms with Crippen LogP contribution in [0.15, 0.2) is 23.8 Å². The molecular formula is C16H22N4OS. The van der Waals surface area contributed by atoms with E-state index in [1.165, 1.54) is 10.4 Å². The summed E-state index contributed by atoms with van der Waals surface area (Å²) in [4.78, 5) is 14.8. The molecule has 1 atom stereocenters. The average Bonchev–Trinajstić information content (AvgIpc) is 2.93. The summed E-state index contributed by atoms with van der Waals surface area (Å²) in [7, 11) is 3.98. The molecule has 1 fully saturated rings. The molecule has 0 spiro atoms. The SMILES string of the molecule is Cc1ccsc1CN1CCO[C@@H](c2nccnc2N(C)C)C1. The fraction of sp³-hybridized carbons (Fsp3) is 0.500. The molecule has 0 bridgehead atoms. The van der Waals surface area contributed by atoms with E-state index in [0.29, 0.717) is 0 Å². The van der Waals surface area contributed by atoms with E-state index in [0.717, 1.165) is 37.8 Å². The molecule has 3 heterocycles. The fourth-order valence-electron chi connectivity index (χ4n) is 2.69. The number of thiophene rings is 1. The van der Waals surface area contributed by atoms with Crippen molar-refractivity contribution in [2.45, 2.75) is 19.6 Å². The summed E-state index contributed by atoms with van der Waals surface area (Å²) in [5.41, 5.74) is 2.31. The first kappa shape index (κ1) is 15.4. The van der Waals surface area contributed by atoms with Crippen LogP contribution in [-0.4, -0.2) is 48.7 Å². The van der Waals surface area contributed by atoms with E-state index in [-0.39, 0.29) is 6.10 Å². The monoisotopic (exact) mass is 318 g/mol. The molecule has 2 aromatic heterocycles. The first-order chi connectivity index (χ1) is 10.6. The summed E-state index contributed by atoms with van der Waals surface area (Å²) in [5.74, 6) is 0.890. The van der Waals surface area contributed by atoms with Gasteiger partial charge in [0.15, 0.2) is 5.82 Å². The number of morpholine rings is 1. The predicted octanol–water partition coefficient (Wildman–Crippen LogP) is 2.49. The largest absolute Gasteiger partial charge is 0.369 e. The minimum Gasteiger partial charge on any atom is -0.369 e. The minimum absolute atomic E-state index is 0.0138. The van der Waals surface area contributed by atoms with Crippen molar-refractivity contribution in [1.29, 1.82) is 0 Å². The van der Waals surface area contributed by atoms with Gasteiger partial charge in [-0.1, -0.05) is 0 Å². The van der Waals surface area contributed by atoms with Gasteiger partial charge in [0.2, 0.25) is 0 Å². The van der Waals surface area contributed by atoms with E-state index in [1.54, 1.807) is 12.4 Å². The highest BCUT2D eigenvalue weighted by Gasteiger charge is 2.26. The number of aryl methyl sites for hydroxylation is 1. The Morgan fingerprint density at radius 1 is 1.36 bits per heavy atom. The molecule has 118 valence electrons. The molecule has 0 unspecified atom stereocenters. The van der Waals surface area contributed by atoms with Crippen LogP contribution in [0.1, 0.15) is 22.2 Å². The summed E-state index contributed by atoms with van der Waals surface area (Å²) >= 11 is 1.83. The van der Waals surface area contributed by atoms with Crippen LogP contribution in [-0.2, 0) is 11.3 Å². The van der Waals surface area contributed by atoms with Crippen LogP contribution < -0.4 is 4.90 Å². The third-order valence-corrected chi connectivity index (χ3v) is 4.93. The Bertz CT molecular complexity index is 628. The molecule has 1 aliphatic rings. The molecule has 22 heavy (non-hydrogen) atoms. The van der Waals surface area contributed by atoms with E-state index in [1.807, 2.05) is 30.3 Å². The van der Waals surface area contributed by atoms with Crippen molar-refractivity contribution in [3.05, 3.63) is 40.0 Å². The van der Waals surface area contributed by atoms with E-state index < -0.39 is 0 Å². The van der Waals surface area contributed by atoms with Crippen LogP contribution in [0.4, 0.5) is 5.82 Å². The summed E-state index contributed by atoms with van der Waals surface area (Å²) in [6, 6.07) is 2.19. The molecule has 0 saturated carbocycles. The number of hydrogen-bond acceptors (Lipinski definition) is 6. The maximum absolute atomic E-state index is 5.97. The smallest absolute Gasteiger partial charge is 0.152 e. The van der Waals surface area contributed by atoms with Gasteiger partial charge in [0.25, 0.3) is 0 Å². The van der Waals surface area contributed by atoms with E-state index in [2.05, 4.69) is 33.2 Å². The zero-order valence-corrected chi connectivity index (χ0v) is 14.1. The van der Waals surface area contributed by atoms with Gasteiger partial charge in [-0.05, 0) is 23.9 Å². The normalized spacial score (nSPS) is 19.3. The van der Waals surface area contributed by atoms with Crippen LogP contribution >= 0.6 is 11.3 Å². The fourth-order valence-corrected chi connectivity index (χ4v) is 3.64. The third kappa shape index (κ3) is 3.29. The van der Waals surface area contributed by atoms with Gasteiger partial charge < -0.3 is 9.64 Å². The third-order valence-electron chi connectivity index (χ3n) is 3.92. The van der Waals surface area contributed by atoms with Crippen LogP contribution in [0.3, 0.4) is 0 Å². The second kappa shape index (κ2) is 6.73. The Morgan fingerprint density at radius 2 is 2.18 bits per heavy atom. The average molecular weight is 318 g/mol. The van der Waals surface area contributed by atoms with Crippen molar-refractivity contribution in [2.75, 3.05) is 38.7 Å². The molecule has 0 amide bonds. The zero-order valence-electron chi connectivity index (χ0n) is 13.3. The second-order valence-corrected chi connectivity index (χ2v) is 6.78. The molecule has 0 N–H and O–H groups in total. The van der Waals surface area contributed by atoms with Crippen LogP contribution in [0.2, 0.25) is 0 Å². The molecular weight excluding hydrogens is 296 g/mol. The standard InChI is InChI=1S/C16H22N4OS/c1-12-4-9-22-14(12)11-20-7-8-21-13(10-20)15-16(19(2)3)18-6-5-17-15/h4-6,9,13H,7-8,10-11H2,1-3H3/t13-/m1/s1. The maximum atomic E-state index is 5.97. The van der Waals surface area contributed by atoms with Crippen molar-refractivity contribution >= 4 is 17.2 Å². The molecule has 0 aliphatic carbocycles. The van der Waals surface area contributed by atoms with Gasteiger partial charge in [0.05, 0.1) is 6.61 Å². The summed E-state index contributed by atoms with van der Waals surface area (Å²) in [6.07, 6.45) is 3.46. The lowest BCUT2D eigenvalue weighted by atomic mass is 10.1. The summed E-state index contributed by atoms with van der Waals surface area (Å²) < 4.78 is 5.97. The lowest BCUT2D eigenvalue weighted by molar-refractivity contribution is -0.0346. The van der Waals surface area contributed by atoms with Gasteiger partial charge in [-0.15, -0.1) is 11.3 Å². The van der Waals surface area contributed by atoms with Crippen molar-refractivity contribution in [3.8, 4) is 0 Å². The molecule has 0 radical (unpaired) electrons. The quantitative estimate of drug-likeness (QED) is 0.866. The topological polar surface area (TPSA) is 41.5 Å². The highest BCUT2D eigenvalue weighted by Crippen LogP contribution is 2.28. The summed E-state index contributed by atoms with van der Waals surface area (Å²) in [5, 5.41) is 2.16. The van der Waals surface area contributed by atoms with Gasteiger partial charge in [-0.3, -0.25) is 9.88 Å². The van der Waals surface area contributed by atoms with Crippen molar-refractivity contribution < 1.29 is 4.74 Å². The first-order valence-electron chi connectivity index (χ1n) is 7.50. The van der Waals surface area contributed by atoms with E-state index >= 15 is 0 Å². The van der Waals surface area contributed by atoms with Gasteiger partial charge in [0, 0.05) is 51.0 Å². The van der Waals surface area contributed by atoms with Crippen molar-refractivity contribution in [2.24, 2.45) is 0 Å². The molecule has 3 rings (SSSR count). The molecule has 2 aromatic rings. The number of rotatable bonds is 4. The highest BCUT2D eigenvalue weighted by molar-refractivity contribution is 7.10. The number of ether oxygens (including phenoxy) is 1. The Balaban J connectivity index is 1.75. The van der Waals surface area contributed by atoms with Crippen LogP contribution in [0.25, 0.3) is 0 Å². The highest BCUT2D eigenvalue weighted by atomic mass is 32.1. The van der Waals surface area contributed by atoms with Gasteiger partial charge in [-0.25, -0.2) is 4.98 Å². The Morgan fingerprint density at radius 3 is 2.91 bits per heavy atom. The van der Waals surface area contributed by atoms with Crippen molar-refractivity contribution in [1.82, 2.24) is 14.9 Å². The number of nitrogens with zero attached hydrogens (tertiary/aromatic N) is 4. The van der Waals surface area contributed by atoms with E-state index in [9.17, 15) is 0 Å². The molecule has 0 aromatic carbocycles. The Hall–Kier alpha value is -1.50. The Labute approximate surface area is 135 Å². The Kier molecular flexibility index (Phi) is 4.71. The van der Waals surface area contributed by atoms with Crippen LogP contribution in [0, 0.1) is 6.92 Å². The lowest BCUT2D eigenvalue weighted by Gasteiger charge is -2.33. The molecule has 1 aliphatic heterocycles. The molecule has 5 nitrogen and oxygen atoms in total. The zero-order chi connectivity index (χ0) is 15.5. The minimum atomic E-state index is -0.0138. The predicted molar refractivity (Wildman–Crippen MR) is 89.4 cm³/mol. The molecule has 1 saturated heterocycles. The van der Waals surface area contributed by atoms with Gasteiger partial charge in [-0.2, -0.15) is 0 Å². The number of hydrogen-bond donors (Lipinski definition) is 0. The van der Waals surface area contributed by atoms with Gasteiger partial charge >= 0.3 is 0 Å². The first-order valence-corrected chi connectivity index (χ1v) is 8.38. The second-order valence-electron chi connectivity index (χ2n) is 5.78.